The molecule has 0 fully saturated rings. The van der Waals surface area contributed by atoms with Crippen LogP contribution in [0.1, 0.15) is 11.3 Å². The molecule has 0 saturated carbocycles. The highest BCUT2D eigenvalue weighted by Gasteiger charge is 2.12. The fourth-order valence-electron chi connectivity index (χ4n) is 2.03. The molecule has 2 heterocycles. The van der Waals surface area contributed by atoms with E-state index < -0.39 is 0 Å². The van der Waals surface area contributed by atoms with E-state index in [4.69, 9.17) is 23.7 Å². The molecule has 0 bridgehead atoms. The second kappa shape index (κ2) is 4.57. The summed E-state index contributed by atoms with van der Waals surface area (Å²) in [4.78, 5) is 4.85. The van der Waals surface area contributed by atoms with Crippen LogP contribution in [-0.2, 0) is 0 Å². The fraction of sp³-hybridized carbons (Fsp3) is 0.0714. The first kappa shape index (κ1) is 12.6. The molecular formula is C14H13N5S. The highest BCUT2D eigenvalue weighted by Crippen LogP contribution is 2.20. The molecule has 0 spiro atoms. The molecule has 5 nitrogen and oxygen atoms in total. The van der Waals surface area contributed by atoms with E-state index in [0.717, 1.165) is 16.8 Å². The molecule has 0 aliphatic rings. The summed E-state index contributed by atoms with van der Waals surface area (Å²) in [5, 5.41) is 4.50. The van der Waals surface area contributed by atoms with Gasteiger partial charge in [0.15, 0.2) is 11.5 Å². The second-order valence-electron chi connectivity index (χ2n) is 4.55. The Labute approximate surface area is 121 Å². The summed E-state index contributed by atoms with van der Waals surface area (Å²) in [6.45, 7) is 1.96. The summed E-state index contributed by atoms with van der Waals surface area (Å²) >= 11 is 5.06. The van der Waals surface area contributed by atoms with Crippen molar-refractivity contribution in [2.24, 2.45) is 5.73 Å². The quantitative estimate of drug-likeness (QED) is 0.554. The van der Waals surface area contributed by atoms with Crippen LogP contribution in [0.4, 0.5) is 5.69 Å². The number of hydrogen-bond acceptors (Lipinski definition) is 4. The van der Waals surface area contributed by atoms with Gasteiger partial charge in [-0.25, -0.2) is 9.50 Å². The van der Waals surface area contributed by atoms with Crippen LogP contribution >= 0.6 is 12.2 Å². The van der Waals surface area contributed by atoms with E-state index in [2.05, 4.69) is 10.1 Å². The first-order valence-corrected chi connectivity index (χ1v) is 6.49. The van der Waals surface area contributed by atoms with E-state index in [1.165, 1.54) is 0 Å². The van der Waals surface area contributed by atoms with Crippen molar-refractivity contribution in [1.29, 1.82) is 0 Å². The van der Waals surface area contributed by atoms with Crippen molar-refractivity contribution in [3.63, 3.8) is 0 Å². The Balaban J connectivity index is 2.24. The highest BCUT2D eigenvalue weighted by molar-refractivity contribution is 7.80. The van der Waals surface area contributed by atoms with Crippen molar-refractivity contribution in [3.05, 3.63) is 47.7 Å². The van der Waals surface area contributed by atoms with Gasteiger partial charge < -0.3 is 11.5 Å². The van der Waals surface area contributed by atoms with Crippen molar-refractivity contribution < 1.29 is 0 Å². The molecule has 0 aliphatic heterocycles. The van der Waals surface area contributed by atoms with Gasteiger partial charge in [-0.05, 0) is 43.3 Å². The van der Waals surface area contributed by atoms with Crippen LogP contribution in [0, 0.1) is 6.92 Å². The standard InChI is InChI=1S/C14H13N5S/c1-8-2-7-11(12(16)20)14-17-13(18-19(8)14)9-3-5-10(15)6-4-9/h2-7H,15H2,1H3,(H2,16,20). The van der Waals surface area contributed by atoms with Gasteiger partial charge in [-0.15, -0.1) is 5.10 Å². The maximum atomic E-state index is 5.73. The summed E-state index contributed by atoms with van der Waals surface area (Å²) in [5.74, 6) is 0.622. The lowest BCUT2D eigenvalue weighted by Crippen LogP contribution is -2.12. The van der Waals surface area contributed by atoms with Crippen LogP contribution in [0.5, 0.6) is 0 Å². The number of nitrogen functional groups attached to an aromatic ring is 1. The number of nitrogens with zero attached hydrogens (tertiary/aromatic N) is 3. The molecule has 6 heteroatoms. The number of hydrogen-bond donors (Lipinski definition) is 2. The molecule has 0 unspecified atom stereocenters. The minimum atomic E-state index is 0.311. The van der Waals surface area contributed by atoms with Crippen LogP contribution in [-0.4, -0.2) is 19.6 Å². The summed E-state index contributed by atoms with van der Waals surface area (Å²) in [7, 11) is 0. The van der Waals surface area contributed by atoms with Crippen LogP contribution in [0.15, 0.2) is 36.4 Å². The van der Waals surface area contributed by atoms with Crippen LogP contribution in [0.2, 0.25) is 0 Å². The monoisotopic (exact) mass is 283 g/mol. The zero-order valence-electron chi connectivity index (χ0n) is 10.9. The third-order valence-corrected chi connectivity index (χ3v) is 3.33. The summed E-state index contributed by atoms with van der Waals surface area (Å²) in [5.41, 5.74) is 15.4. The van der Waals surface area contributed by atoms with Gasteiger partial charge in [0, 0.05) is 16.9 Å². The molecule has 0 atom stereocenters. The average Bonchev–Trinajstić information content (AvgIpc) is 2.85. The first-order valence-electron chi connectivity index (χ1n) is 6.08. The maximum Gasteiger partial charge on any atom is 0.182 e. The first-order chi connectivity index (χ1) is 9.56. The van der Waals surface area contributed by atoms with E-state index in [1.54, 1.807) is 4.52 Å². The summed E-state index contributed by atoms with van der Waals surface area (Å²) < 4.78 is 1.75. The van der Waals surface area contributed by atoms with Crippen molar-refractivity contribution in [1.82, 2.24) is 14.6 Å². The number of pyridine rings is 1. The Morgan fingerprint density at radius 3 is 2.50 bits per heavy atom. The molecular weight excluding hydrogens is 270 g/mol. The van der Waals surface area contributed by atoms with E-state index in [1.807, 2.05) is 43.3 Å². The number of aromatic nitrogens is 3. The summed E-state index contributed by atoms with van der Waals surface area (Å²) in [6, 6.07) is 11.2. The number of fused-ring (bicyclic) bond motifs is 1. The SMILES string of the molecule is Cc1ccc(C(N)=S)c2nc(-c3ccc(N)cc3)nn12. The molecule has 0 saturated heterocycles. The molecule has 0 amide bonds. The van der Waals surface area contributed by atoms with Crippen molar-refractivity contribution in [2.45, 2.75) is 6.92 Å². The predicted octanol–water partition coefficient (Wildman–Crippen LogP) is 1.92. The largest absolute Gasteiger partial charge is 0.399 e. The van der Waals surface area contributed by atoms with Crippen molar-refractivity contribution >= 4 is 28.5 Å². The van der Waals surface area contributed by atoms with Gasteiger partial charge in [0.05, 0.1) is 5.56 Å². The second-order valence-corrected chi connectivity index (χ2v) is 4.99. The molecule has 0 radical (unpaired) electrons. The van der Waals surface area contributed by atoms with Crippen LogP contribution < -0.4 is 11.5 Å². The third kappa shape index (κ3) is 2.00. The van der Waals surface area contributed by atoms with Gasteiger partial charge in [-0.2, -0.15) is 0 Å². The van der Waals surface area contributed by atoms with Gasteiger partial charge in [0.1, 0.15) is 4.99 Å². The van der Waals surface area contributed by atoms with Crippen LogP contribution in [0.3, 0.4) is 0 Å². The Bertz CT molecular complexity index is 804. The third-order valence-electron chi connectivity index (χ3n) is 3.11. The summed E-state index contributed by atoms with van der Waals surface area (Å²) in [6.07, 6.45) is 0. The lowest BCUT2D eigenvalue weighted by Gasteiger charge is -2.02. The Kier molecular flexibility index (Phi) is 2.87. The topological polar surface area (TPSA) is 82.2 Å². The van der Waals surface area contributed by atoms with Crippen molar-refractivity contribution in [2.75, 3.05) is 5.73 Å². The Morgan fingerprint density at radius 1 is 1.15 bits per heavy atom. The lowest BCUT2D eigenvalue weighted by molar-refractivity contribution is 0.917. The number of thiocarbonyl (C=S) groups is 1. The average molecular weight is 283 g/mol. The van der Waals surface area contributed by atoms with Gasteiger partial charge in [-0.3, -0.25) is 0 Å². The number of rotatable bonds is 2. The molecule has 0 aliphatic carbocycles. The Morgan fingerprint density at radius 2 is 1.85 bits per heavy atom. The van der Waals surface area contributed by atoms with E-state index in [-0.39, 0.29) is 0 Å². The molecule has 3 aromatic rings. The van der Waals surface area contributed by atoms with Gasteiger partial charge in [0.25, 0.3) is 0 Å². The smallest absolute Gasteiger partial charge is 0.182 e. The number of anilines is 1. The van der Waals surface area contributed by atoms with Crippen LogP contribution in [0.25, 0.3) is 17.0 Å². The zero-order valence-corrected chi connectivity index (χ0v) is 11.7. The fourth-order valence-corrected chi connectivity index (χ4v) is 2.19. The molecule has 100 valence electrons. The number of nitrogens with two attached hydrogens (primary N) is 2. The number of benzene rings is 1. The molecule has 2 aromatic heterocycles. The predicted molar refractivity (Wildman–Crippen MR) is 83.5 cm³/mol. The van der Waals surface area contributed by atoms with Gasteiger partial charge in [-0.1, -0.05) is 12.2 Å². The maximum absolute atomic E-state index is 5.73. The van der Waals surface area contributed by atoms with E-state index in [0.29, 0.717) is 22.1 Å². The molecule has 3 rings (SSSR count). The van der Waals surface area contributed by atoms with Crippen molar-refractivity contribution in [3.8, 4) is 11.4 Å². The molecule has 1 aromatic carbocycles. The van der Waals surface area contributed by atoms with E-state index >= 15 is 0 Å². The minimum absolute atomic E-state index is 0.311. The lowest BCUT2D eigenvalue weighted by atomic mass is 10.2. The Hall–Kier alpha value is -2.47. The minimum Gasteiger partial charge on any atom is -0.399 e. The number of aryl methyl sites for hydroxylation is 1. The van der Waals surface area contributed by atoms with E-state index in [9.17, 15) is 0 Å². The molecule has 4 N–H and O–H groups in total. The normalized spacial score (nSPS) is 10.8. The van der Waals surface area contributed by atoms with Gasteiger partial charge >= 0.3 is 0 Å². The highest BCUT2D eigenvalue weighted by atomic mass is 32.1. The van der Waals surface area contributed by atoms with Gasteiger partial charge in [0.2, 0.25) is 0 Å². The zero-order chi connectivity index (χ0) is 14.3. The molecule has 20 heavy (non-hydrogen) atoms.